The number of amides is 2. The number of nitrogens with zero attached hydrogens (tertiary/aromatic N) is 3. The van der Waals surface area contributed by atoms with E-state index in [9.17, 15) is 22.4 Å². The summed E-state index contributed by atoms with van der Waals surface area (Å²) < 4.78 is 40.0. The van der Waals surface area contributed by atoms with E-state index in [-0.39, 0.29) is 37.1 Å². The van der Waals surface area contributed by atoms with Crippen molar-refractivity contribution in [2.75, 3.05) is 54.8 Å². The zero-order chi connectivity index (χ0) is 23.4. The summed E-state index contributed by atoms with van der Waals surface area (Å²) in [5, 5.41) is 2.66. The van der Waals surface area contributed by atoms with Crippen molar-refractivity contribution >= 4 is 33.2 Å². The molecule has 0 aromatic heterocycles. The van der Waals surface area contributed by atoms with Crippen molar-refractivity contribution in [3.05, 3.63) is 60.4 Å². The lowest BCUT2D eigenvalue weighted by molar-refractivity contribution is -0.126. The SMILES string of the molecule is O=C(NCCS(=O)(=O)N1CCN(c2ccccc2)CC1)[C@@H]1CC(=O)N(c2ccc(F)cc2)C1. The molecule has 2 aromatic rings. The highest BCUT2D eigenvalue weighted by molar-refractivity contribution is 7.89. The fraction of sp³-hybridized carbons (Fsp3) is 0.391. The van der Waals surface area contributed by atoms with Crippen LogP contribution >= 0.6 is 0 Å². The van der Waals surface area contributed by atoms with Gasteiger partial charge < -0.3 is 15.1 Å². The predicted molar refractivity (Wildman–Crippen MR) is 124 cm³/mol. The Bertz CT molecular complexity index is 1090. The van der Waals surface area contributed by atoms with Gasteiger partial charge in [-0.15, -0.1) is 0 Å². The van der Waals surface area contributed by atoms with Crippen LogP contribution in [0.2, 0.25) is 0 Å². The standard InChI is InChI=1S/C23H27FN4O4S/c24-19-6-8-21(9-7-19)28-17-18(16-22(28)29)23(30)25-10-15-33(31,32)27-13-11-26(12-14-27)20-4-2-1-3-5-20/h1-9,18H,10-17H2,(H,25,30)/t18-/m1/s1. The molecule has 0 bridgehead atoms. The van der Waals surface area contributed by atoms with Gasteiger partial charge in [0.1, 0.15) is 5.82 Å². The topological polar surface area (TPSA) is 90.0 Å². The number of rotatable bonds is 7. The molecule has 0 radical (unpaired) electrons. The van der Waals surface area contributed by atoms with E-state index in [0.717, 1.165) is 5.69 Å². The Morgan fingerprint density at radius 2 is 1.64 bits per heavy atom. The number of carbonyl (C=O) groups is 2. The molecule has 2 heterocycles. The molecule has 2 saturated heterocycles. The van der Waals surface area contributed by atoms with Gasteiger partial charge in [0.2, 0.25) is 21.8 Å². The van der Waals surface area contributed by atoms with Crippen LogP contribution in [0.1, 0.15) is 6.42 Å². The molecule has 8 nitrogen and oxygen atoms in total. The van der Waals surface area contributed by atoms with Crippen LogP contribution in [-0.2, 0) is 19.6 Å². The second-order valence-corrected chi connectivity index (χ2v) is 10.3. The summed E-state index contributed by atoms with van der Waals surface area (Å²) in [6, 6.07) is 15.4. The Morgan fingerprint density at radius 3 is 2.30 bits per heavy atom. The molecule has 4 rings (SSSR count). The smallest absolute Gasteiger partial charge is 0.227 e. The highest BCUT2D eigenvalue weighted by Crippen LogP contribution is 2.25. The average molecular weight is 475 g/mol. The number of halogens is 1. The van der Waals surface area contributed by atoms with Gasteiger partial charge in [0.25, 0.3) is 0 Å². The van der Waals surface area contributed by atoms with Crippen LogP contribution in [0.5, 0.6) is 0 Å². The lowest BCUT2D eigenvalue weighted by atomic mass is 10.1. The Labute approximate surface area is 193 Å². The molecule has 2 aromatic carbocycles. The molecule has 2 fully saturated rings. The van der Waals surface area contributed by atoms with E-state index in [1.54, 1.807) is 0 Å². The van der Waals surface area contributed by atoms with E-state index >= 15 is 0 Å². The maximum absolute atomic E-state index is 13.1. The van der Waals surface area contributed by atoms with Crippen molar-refractivity contribution < 1.29 is 22.4 Å². The molecule has 2 aliphatic rings. The minimum atomic E-state index is -3.50. The number of anilines is 2. The van der Waals surface area contributed by atoms with Gasteiger partial charge in [-0.05, 0) is 36.4 Å². The first kappa shape index (κ1) is 23.2. The van der Waals surface area contributed by atoms with Crippen LogP contribution in [0, 0.1) is 11.7 Å². The maximum Gasteiger partial charge on any atom is 0.227 e. The van der Waals surface area contributed by atoms with Gasteiger partial charge in [0, 0.05) is 57.1 Å². The number of hydrogen-bond acceptors (Lipinski definition) is 5. The van der Waals surface area contributed by atoms with E-state index in [1.165, 1.54) is 33.5 Å². The van der Waals surface area contributed by atoms with E-state index < -0.39 is 21.8 Å². The molecular weight excluding hydrogens is 447 g/mol. The lowest BCUT2D eigenvalue weighted by Crippen LogP contribution is -2.50. The van der Waals surface area contributed by atoms with E-state index in [1.807, 2.05) is 30.3 Å². The van der Waals surface area contributed by atoms with Gasteiger partial charge in [-0.25, -0.2) is 12.8 Å². The van der Waals surface area contributed by atoms with E-state index in [4.69, 9.17) is 0 Å². The van der Waals surface area contributed by atoms with Crippen LogP contribution < -0.4 is 15.1 Å². The molecule has 10 heteroatoms. The number of sulfonamides is 1. The fourth-order valence-electron chi connectivity index (χ4n) is 4.19. The second-order valence-electron chi connectivity index (χ2n) is 8.21. The summed E-state index contributed by atoms with van der Waals surface area (Å²) >= 11 is 0. The van der Waals surface area contributed by atoms with Crippen LogP contribution in [-0.4, -0.2) is 69.6 Å². The van der Waals surface area contributed by atoms with E-state index in [0.29, 0.717) is 31.9 Å². The first-order valence-electron chi connectivity index (χ1n) is 10.9. The van der Waals surface area contributed by atoms with Crippen molar-refractivity contribution in [3.8, 4) is 0 Å². The maximum atomic E-state index is 13.1. The molecule has 0 spiro atoms. The molecule has 2 aliphatic heterocycles. The fourth-order valence-corrected chi connectivity index (χ4v) is 5.53. The van der Waals surface area contributed by atoms with Crippen molar-refractivity contribution in [2.45, 2.75) is 6.42 Å². The average Bonchev–Trinajstić information content (AvgIpc) is 3.22. The molecule has 0 aliphatic carbocycles. The normalized spacial score (nSPS) is 19.7. The third-order valence-electron chi connectivity index (χ3n) is 6.05. The Hall–Kier alpha value is -2.98. The predicted octanol–water partition coefficient (Wildman–Crippen LogP) is 1.45. The summed E-state index contributed by atoms with van der Waals surface area (Å²) in [6.07, 6.45) is 0.0391. The monoisotopic (exact) mass is 474 g/mol. The lowest BCUT2D eigenvalue weighted by Gasteiger charge is -2.35. The highest BCUT2D eigenvalue weighted by atomic mass is 32.2. The van der Waals surface area contributed by atoms with Crippen LogP contribution in [0.3, 0.4) is 0 Å². The summed E-state index contributed by atoms with van der Waals surface area (Å²) in [7, 11) is -3.50. The van der Waals surface area contributed by atoms with Crippen LogP contribution in [0.15, 0.2) is 54.6 Å². The largest absolute Gasteiger partial charge is 0.369 e. The molecule has 0 unspecified atom stereocenters. The molecule has 33 heavy (non-hydrogen) atoms. The van der Waals surface area contributed by atoms with Gasteiger partial charge in [-0.3, -0.25) is 9.59 Å². The molecule has 176 valence electrons. The van der Waals surface area contributed by atoms with Crippen molar-refractivity contribution in [1.82, 2.24) is 9.62 Å². The number of para-hydroxylation sites is 1. The highest BCUT2D eigenvalue weighted by Gasteiger charge is 2.35. The Kier molecular flexibility index (Phi) is 6.94. The first-order valence-corrected chi connectivity index (χ1v) is 12.6. The summed E-state index contributed by atoms with van der Waals surface area (Å²) in [5.41, 5.74) is 1.61. The third kappa shape index (κ3) is 5.51. The number of carbonyl (C=O) groups excluding carboxylic acids is 2. The summed E-state index contributed by atoms with van der Waals surface area (Å²) in [4.78, 5) is 28.4. The number of hydrogen-bond donors (Lipinski definition) is 1. The van der Waals surface area contributed by atoms with E-state index in [2.05, 4.69) is 10.2 Å². The zero-order valence-corrected chi connectivity index (χ0v) is 19.0. The zero-order valence-electron chi connectivity index (χ0n) is 18.2. The van der Waals surface area contributed by atoms with Gasteiger partial charge in [-0.2, -0.15) is 4.31 Å². The van der Waals surface area contributed by atoms with Crippen molar-refractivity contribution in [3.63, 3.8) is 0 Å². The Balaban J connectivity index is 1.24. The minimum absolute atomic E-state index is 0.0126. The Morgan fingerprint density at radius 1 is 0.970 bits per heavy atom. The van der Waals surface area contributed by atoms with Crippen LogP contribution in [0.4, 0.5) is 15.8 Å². The van der Waals surface area contributed by atoms with Crippen LogP contribution in [0.25, 0.3) is 0 Å². The van der Waals surface area contributed by atoms with Gasteiger partial charge >= 0.3 is 0 Å². The third-order valence-corrected chi connectivity index (χ3v) is 7.92. The molecule has 1 N–H and O–H groups in total. The summed E-state index contributed by atoms with van der Waals surface area (Å²) in [5.74, 6) is -1.73. The minimum Gasteiger partial charge on any atom is -0.369 e. The number of nitrogens with one attached hydrogen (secondary N) is 1. The molecule has 1 atom stereocenters. The molecular formula is C23H27FN4O4S. The number of benzene rings is 2. The number of piperazine rings is 1. The van der Waals surface area contributed by atoms with Gasteiger partial charge in [-0.1, -0.05) is 18.2 Å². The van der Waals surface area contributed by atoms with Gasteiger partial charge in [0.05, 0.1) is 11.7 Å². The van der Waals surface area contributed by atoms with Crippen molar-refractivity contribution in [2.24, 2.45) is 5.92 Å². The molecule has 2 amide bonds. The van der Waals surface area contributed by atoms with Crippen molar-refractivity contribution in [1.29, 1.82) is 0 Å². The first-order chi connectivity index (χ1) is 15.8. The summed E-state index contributed by atoms with van der Waals surface area (Å²) in [6.45, 7) is 2.19. The quantitative estimate of drug-likeness (QED) is 0.656. The second kappa shape index (κ2) is 9.88. The molecule has 0 saturated carbocycles. The van der Waals surface area contributed by atoms with Gasteiger partial charge in [0.15, 0.2) is 0 Å².